The van der Waals surface area contributed by atoms with Crippen LogP contribution in [0.25, 0.3) is 0 Å². The van der Waals surface area contributed by atoms with E-state index in [0.29, 0.717) is 11.5 Å². The standard InChI is InChI=1S/C18H34N2O/c1-3-19-9-5-16(6-10-19)15-20-11-7-18(8-12-20)13-17(14-18)21-4-2/h16-17H,3-15H2,1-2H3. The molecule has 21 heavy (non-hydrogen) atoms. The zero-order chi connectivity index (χ0) is 14.7. The number of ether oxygens (including phenoxy) is 1. The summed E-state index contributed by atoms with van der Waals surface area (Å²) >= 11 is 0. The van der Waals surface area contributed by atoms with Crippen LogP contribution in [0.3, 0.4) is 0 Å². The molecule has 0 N–H and O–H groups in total. The van der Waals surface area contributed by atoms with Gasteiger partial charge in [0.2, 0.25) is 0 Å². The third kappa shape index (κ3) is 3.80. The molecular weight excluding hydrogens is 260 g/mol. The highest BCUT2D eigenvalue weighted by Gasteiger charge is 2.46. The van der Waals surface area contributed by atoms with Gasteiger partial charge in [-0.25, -0.2) is 0 Å². The average Bonchev–Trinajstić information content (AvgIpc) is 2.49. The molecule has 3 fully saturated rings. The summed E-state index contributed by atoms with van der Waals surface area (Å²) in [5, 5.41) is 0. The second-order valence-corrected chi connectivity index (χ2v) is 7.66. The second-order valence-electron chi connectivity index (χ2n) is 7.66. The van der Waals surface area contributed by atoms with Crippen molar-refractivity contribution >= 4 is 0 Å². The van der Waals surface area contributed by atoms with Crippen LogP contribution in [0, 0.1) is 11.3 Å². The number of hydrogen-bond acceptors (Lipinski definition) is 3. The molecule has 122 valence electrons. The molecule has 0 aromatic heterocycles. The van der Waals surface area contributed by atoms with Crippen LogP contribution in [0.2, 0.25) is 0 Å². The maximum Gasteiger partial charge on any atom is 0.0585 e. The van der Waals surface area contributed by atoms with Gasteiger partial charge in [-0.2, -0.15) is 0 Å². The Bertz CT molecular complexity index is 309. The molecule has 0 atom stereocenters. The van der Waals surface area contributed by atoms with Gasteiger partial charge in [-0.05, 0) is 89.5 Å². The maximum atomic E-state index is 5.76. The van der Waals surface area contributed by atoms with Crippen molar-refractivity contribution in [2.75, 3.05) is 45.9 Å². The Kier molecular flexibility index (Phi) is 5.23. The Hall–Kier alpha value is -0.120. The van der Waals surface area contributed by atoms with Gasteiger partial charge < -0.3 is 14.5 Å². The second kappa shape index (κ2) is 6.97. The van der Waals surface area contributed by atoms with Crippen LogP contribution in [0.4, 0.5) is 0 Å². The summed E-state index contributed by atoms with van der Waals surface area (Å²) in [5.41, 5.74) is 0.669. The summed E-state index contributed by atoms with van der Waals surface area (Å²) in [6, 6.07) is 0. The molecule has 0 unspecified atom stereocenters. The van der Waals surface area contributed by atoms with E-state index in [1.807, 2.05) is 0 Å². The van der Waals surface area contributed by atoms with Gasteiger partial charge in [-0.1, -0.05) is 6.92 Å². The topological polar surface area (TPSA) is 15.7 Å². The van der Waals surface area contributed by atoms with Crippen LogP contribution < -0.4 is 0 Å². The minimum absolute atomic E-state index is 0.583. The summed E-state index contributed by atoms with van der Waals surface area (Å²) < 4.78 is 5.76. The van der Waals surface area contributed by atoms with Crippen LogP contribution in [-0.4, -0.2) is 61.8 Å². The van der Waals surface area contributed by atoms with E-state index in [9.17, 15) is 0 Å². The van der Waals surface area contributed by atoms with E-state index in [1.165, 1.54) is 77.8 Å². The SMILES string of the molecule is CCOC1CC2(CCN(CC3CCN(CC)CC3)CC2)C1. The summed E-state index contributed by atoms with van der Waals surface area (Å²) in [5.74, 6) is 0.958. The Morgan fingerprint density at radius 1 is 0.952 bits per heavy atom. The highest BCUT2D eigenvalue weighted by molar-refractivity contribution is 4.98. The number of piperidine rings is 2. The first-order valence-electron chi connectivity index (χ1n) is 9.29. The van der Waals surface area contributed by atoms with Crippen LogP contribution >= 0.6 is 0 Å². The Labute approximate surface area is 131 Å². The van der Waals surface area contributed by atoms with Crippen molar-refractivity contribution in [1.29, 1.82) is 0 Å². The van der Waals surface area contributed by atoms with E-state index in [0.717, 1.165) is 12.5 Å². The van der Waals surface area contributed by atoms with E-state index < -0.39 is 0 Å². The molecule has 0 bridgehead atoms. The fraction of sp³-hybridized carbons (Fsp3) is 1.00. The summed E-state index contributed by atoms with van der Waals surface area (Å²) in [6.07, 6.45) is 8.94. The lowest BCUT2D eigenvalue weighted by Gasteiger charge is -2.52. The Balaban J connectivity index is 1.35. The molecule has 0 amide bonds. The van der Waals surface area contributed by atoms with Gasteiger partial charge in [-0.15, -0.1) is 0 Å². The monoisotopic (exact) mass is 294 g/mol. The molecule has 1 aliphatic carbocycles. The molecule has 1 saturated carbocycles. The molecule has 1 spiro atoms. The van der Waals surface area contributed by atoms with Gasteiger partial charge in [0.15, 0.2) is 0 Å². The van der Waals surface area contributed by atoms with Gasteiger partial charge in [-0.3, -0.25) is 0 Å². The van der Waals surface area contributed by atoms with Crippen molar-refractivity contribution in [2.24, 2.45) is 11.3 Å². The lowest BCUT2D eigenvalue weighted by atomic mass is 9.61. The summed E-state index contributed by atoms with van der Waals surface area (Å²) in [4.78, 5) is 5.36. The Morgan fingerprint density at radius 2 is 1.62 bits per heavy atom. The van der Waals surface area contributed by atoms with Crippen molar-refractivity contribution in [3.8, 4) is 0 Å². The lowest BCUT2D eigenvalue weighted by molar-refractivity contribution is -0.102. The van der Waals surface area contributed by atoms with Crippen LogP contribution in [0.5, 0.6) is 0 Å². The fourth-order valence-electron chi connectivity index (χ4n) is 4.73. The largest absolute Gasteiger partial charge is 0.378 e. The minimum atomic E-state index is 0.583. The molecule has 3 heteroatoms. The molecule has 2 aliphatic heterocycles. The number of rotatable bonds is 5. The maximum absolute atomic E-state index is 5.76. The van der Waals surface area contributed by atoms with Crippen LogP contribution in [-0.2, 0) is 4.74 Å². The average molecular weight is 294 g/mol. The summed E-state index contributed by atoms with van der Waals surface area (Å²) in [6.45, 7) is 13.2. The van der Waals surface area contributed by atoms with E-state index in [2.05, 4.69) is 23.6 Å². The quantitative estimate of drug-likeness (QED) is 0.775. The van der Waals surface area contributed by atoms with E-state index in [-0.39, 0.29) is 0 Å². The molecule has 0 aromatic rings. The van der Waals surface area contributed by atoms with Crippen LogP contribution in [0.15, 0.2) is 0 Å². The molecule has 0 radical (unpaired) electrons. The zero-order valence-corrected chi connectivity index (χ0v) is 14.1. The third-order valence-electron chi connectivity index (χ3n) is 6.31. The number of likely N-dealkylation sites (tertiary alicyclic amines) is 2. The van der Waals surface area contributed by atoms with Crippen LogP contribution in [0.1, 0.15) is 52.4 Å². The van der Waals surface area contributed by atoms with Gasteiger partial charge in [0, 0.05) is 13.2 Å². The summed E-state index contributed by atoms with van der Waals surface area (Å²) in [7, 11) is 0. The van der Waals surface area contributed by atoms with E-state index >= 15 is 0 Å². The third-order valence-corrected chi connectivity index (χ3v) is 6.31. The van der Waals surface area contributed by atoms with E-state index in [4.69, 9.17) is 4.74 Å². The van der Waals surface area contributed by atoms with E-state index in [1.54, 1.807) is 0 Å². The zero-order valence-electron chi connectivity index (χ0n) is 14.1. The number of hydrogen-bond donors (Lipinski definition) is 0. The molecule has 0 aromatic carbocycles. The van der Waals surface area contributed by atoms with Gasteiger partial charge >= 0.3 is 0 Å². The predicted octanol–water partition coefficient (Wildman–Crippen LogP) is 3.00. The van der Waals surface area contributed by atoms with Crippen molar-refractivity contribution in [3.63, 3.8) is 0 Å². The van der Waals surface area contributed by atoms with Gasteiger partial charge in [0.25, 0.3) is 0 Å². The molecule has 2 saturated heterocycles. The van der Waals surface area contributed by atoms with Gasteiger partial charge in [0.1, 0.15) is 0 Å². The number of nitrogens with zero attached hydrogens (tertiary/aromatic N) is 2. The van der Waals surface area contributed by atoms with Crippen molar-refractivity contribution in [3.05, 3.63) is 0 Å². The minimum Gasteiger partial charge on any atom is -0.378 e. The van der Waals surface area contributed by atoms with Crippen molar-refractivity contribution in [1.82, 2.24) is 9.80 Å². The normalized spacial score (nSPS) is 28.9. The lowest BCUT2D eigenvalue weighted by Crippen LogP contribution is -2.51. The molecule has 2 heterocycles. The van der Waals surface area contributed by atoms with Crippen molar-refractivity contribution < 1.29 is 4.74 Å². The van der Waals surface area contributed by atoms with Crippen molar-refractivity contribution in [2.45, 2.75) is 58.5 Å². The first-order chi connectivity index (χ1) is 10.2. The van der Waals surface area contributed by atoms with Gasteiger partial charge in [0.05, 0.1) is 6.10 Å². The predicted molar refractivity (Wildman–Crippen MR) is 87.6 cm³/mol. The molecule has 3 rings (SSSR count). The molecule has 3 aliphatic rings. The fourth-order valence-corrected chi connectivity index (χ4v) is 4.73. The first-order valence-corrected chi connectivity index (χ1v) is 9.29. The first kappa shape index (κ1) is 15.8. The molecule has 3 nitrogen and oxygen atoms in total. The Morgan fingerprint density at radius 3 is 2.19 bits per heavy atom. The highest BCUT2D eigenvalue weighted by atomic mass is 16.5. The molecular formula is C18H34N2O. The highest BCUT2D eigenvalue weighted by Crippen LogP contribution is 2.50. The smallest absolute Gasteiger partial charge is 0.0585 e.